The van der Waals surface area contributed by atoms with E-state index in [-0.39, 0.29) is 7.43 Å². The van der Waals surface area contributed by atoms with Gasteiger partial charge in [0, 0.05) is 13.8 Å². The van der Waals surface area contributed by atoms with Crippen LogP contribution in [0.15, 0.2) is 0 Å². The Labute approximate surface area is 48.6 Å². The van der Waals surface area contributed by atoms with Crippen LogP contribution in [0.5, 0.6) is 0 Å². The fraction of sp³-hybridized carbons (Fsp3) is 0.600. The first-order valence-electron chi connectivity index (χ1n) is 1.82. The molecule has 0 rings (SSSR count). The van der Waals surface area contributed by atoms with Crippen molar-refractivity contribution in [3.63, 3.8) is 0 Å². The Balaban J connectivity index is 0. The quantitative estimate of drug-likeness (QED) is 0.348. The maximum absolute atomic E-state index is 9.81. The van der Waals surface area contributed by atoms with Gasteiger partial charge in [-0.25, -0.2) is 0 Å². The van der Waals surface area contributed by atoms with Gasteiger partial charge in [-0.05, 0) is 0 Å². The minimum Gasteiger partial charge on any atom is -0.394 e. The van der Waals surface area contributed by atoms with Crippen LogP contribution < -0.4 is 0 Å². The van der Waals surface area contributed by atoms with Crippen LogP contribution in [-0.2, 0) is 14.3 Å². The van der Waals surface area contributed by atoms with Crippen LogP contribution in [0.4, 0.5) is 0 Å². The minimum atomic E-state index is -0.562. The Morgan fingerprint density at radius 3 is 1.38 bits per heavy atom. The second kappa shape index (κ2) is 4.30. The molecule has 0 aromatic carbocycles. The second-order valence-electron chi connectivity index (χ2n) is 1.09. The fourth-order valence-corrected chi connectivity index (χ4v) is 0.202. The predicted octanol–water partition coefficient (Wildman–Crippen LogP) is 0.732. The molecule has 48 valence electrons. The number of ether oxygens (including phenoxy) is 1. The fourth-order valence-electron chi connectivity index (χ4n) is 0.202. The van der Waals surface area contributed by atoms with E-state index in [1.807, 2.05) is 0 Å². The molecule has 3 heteroatoms. The second-order valence-corrected chi connectivity index (χ2v) is 1.09. The third-order valence-electron chi connectivity index (χ3n) is 0.287. The van der Waals surface area contributed by atoms with Crippen molar-refractivity contribution in [2.75, 3.05) is 0 Å². The molecular formula is C5H10O3. The number of carbonyl (C=O) groups is 2. The van der Waals surface area contributed by atoms with Crippen molar-refractivity contribution in [3.05, 3.63) is 0 Å². The zero-order valence-electron chi connectivity index (χ0n) is 4.22. The molecule has 0 bridgehead atoms. The summed E-state index contributed by atoms with van der Waals surface area (Å²) in [6.45, 7) is 2.36. The lowest BCUT2D eigenvalue weighted by Crippen LogP contribution is -2.03. The summed E-state index contributed by atoms with van der Waals surface area (Å²) in [5.74, 6) is -1.12. The minimum absolute atomic E-state index is 0. The Kier molecular flexibility index (Phi) is 5.48. The normalized spacial score (nSPS) is 6.75. The van der Waals surface area contributed by atoms with Crippen molar-refractivity contribution in [3.8, 4) is 0 Å². The van der Waals surface area contributed by atoms with Gasteiger partial charge < -0.3 is 4.74 Å². The van der Waals surface area contributed by atoms with E-state index in [1.165, 1.54) is 13.8 Å². The van der Waals surface area contributed by atoms with Gasteiger partial charge in [-0.1, -0.05) is 7.43 Å². The highest BCUT2D eigenvalue weighted by atomic mass is 16.6. The number of rotatable bonds is 0. The van der Waals surface area contributed by atoms with E-state index in [1.54, 1.807) is 0 Å². The Bertz CT molecular complexity index is 83.8. The van der Waals surface area contributed by atoms with Crippen molar-refractivity contribution in [2.24, 2.45) is 0 Å². The SMILES string of the molecule is C.CC(=O)OC(C)=O. The van der Waals surface area contributed by atoms with Crippen molar-refractivity contribution in [2.45, 2.75) is 21.3 Å². The van der Waals surface area contributed by atoms with E-state index < -0.39 is 11.9 Å². The number of hydrogen-bond donors (Lipinski definition) is 0. The first kappa shape index (κ1) is 10.2. The van der Waals surface area contributed by atoms with Gasteiger partial charge in [-0.2, -0.15) is 0 Å². The summed E-state index contributed by atoms with van der Waals surface area (Å²) in [4.78, 5) is 19.6. The summed E-state index contributed by atoms with van der Waals surface area (Å²) in [6.07, 6.45) is 0. The van der Waals surface area contributed by atoms with Crippen molar-refractivity contribution < 1.29 is 14.3 Å². The van der Waals surface area contributed by atoms with Crippen molar-refractivity contribution >= 4 is 11.9 Å². The molecule has 0 saturated carbocycles. The van der Waals surface area contributed by atoms with Gasteiger partial charge in [-0.15, -0.1) is 0 Å². The van der Waals surface area contributed by atoms with Crippen LogP contribution in [0.3, 0.4) is 0 Å². The van der Waals surface area contributed by atoms with Crippen LogP contribution >= 0.6 is 0 Å². The maximum Gasteiger partial charge on any atom is 0.310 e. The largest absolute Gasteiger partial charge is 0.394 e. The summed E-state index contributed by atoms with van der Waals surface area (Å²) in [6, 6.07) is 0. The molecule has 0 amide bonds. The van der Waals surface area contributed by atoms with Gasteiger partial charge in [0.1, 0.15) is 0 Å². The molecule has 0 aliphatic heterocycles. The molecule has 0 saturated heterocycles. The molecule has 0 atom stereocenters. The van der Waals surface area contributed by atoms with Crippen LogP contribution in [0.2, 0.25) is 0 Å². The predicted molar refractivity (Wildman–Crippen MR) is 29.2 cm³/mol. The first-order valence-corrected chi connectivity index (χ1v) is 1.82. The summed E-state index contributed by atoms with van der Waals surface area (Å²) in [5, 5.41) is 0. The van der Waals surface area contributed by atoms with E-state index in [2.05, 4.69) is 4.74 Å². The van der Waals surface area contributed by atoms with Gasteiger partial charge in [0.25, 0.3) is 0 Å². The summed E-state index contributed by atoms with van der Waals surface area (Å²) < 4.78 is 3.97. The molecule has 0 heterocycles. The zero-order valence-corrected chi connectivity index (χ0v) is 4.22. The molecule has 0 aliphatic carbocycles. The van der Waals surface area contributed by atoms with E-state index in [9.17, 15) is 9.59 Å². The third kappa shape index (κ3) is 8.94. The molecule has 0 radical (unpaired) electrons. The molecule has 0 unspecified atom stereocenters. The van der Waals surface area contributed by atoms with Crippen LogP contribution in [0.25, 0.3) is 0 Å². The molecular weight excluding hydrogens is 108 g/mol. The molecule has 3 nitrogen and oxygen atoms in total. The van der Waals surface area contributed by atoms with Gasteiger partial charge in [0.05, 0.1) is 0 Å². The molecule has 0 aromatic heterocycles. The number of hydrogen-bond acceptors (Lipinski definition) is 3. The first-order chi connectivity index (χ1) is 3.13. The molecule has 8 heavy (non-hydrogen) atoms. The van der Waals surface area contributed by atoms with Gasteiger partial charge >= 0.3 is 11.9 Å². The Morgan fingerprint density at radius 1 is 1.12 bits per heavy atom. The molecule has 0 spiro atoms. The monoisotopic (exact) mass is 118 g/mol. The lowest BCUT2D eigenvalue weighted by Gasteiger charge is -1.87. The smallest absolute Gasteiger partial charge is 0.310 e. The Hall–Kier alpha value is -0.860. The van der Waals surface area contributed by atoms with Crippen molar-refractivity contribution in [1.29, 1.82) is 0 Å². The topological polar surface area (TPSA) is 43.4 Å². The molecule has 0 aromatic rings. The van der Waals surface area contributed by atoms with Gasteiger partial charge in [-0.3, -0.25) is 9.59 Å². The highest BCUT2D eigenvalue weighted by Crippen LogP contribution is 1.73. The van der Waals surface area contributed by atoms with Gasteiger partial charge in [0.15, 0.2) is 0 Å². The highest BCUT2D eigenvalue weighted by molar-refractivity contribution is 5.82. The Morgan fingerprint density at radius 2 is 1.38 bits per heavy atom. The lowest BCUT2D eigenvalue weighted by atomic mass is 10.7. The highest BCUT2D eigenvalue weighted by Gasteiger charge is 1.93. The zero-order chi connectivity index (χ0) is 5.86. The molecule has 0 fully saturated rings. The van der Waals surface area contributed by atoms with E-state index in [0.717, 1.165) is 0 Å². The lowest BCUT2D eigenvalue weighted by molar-refractivity contribution is -0.156. The van der Waals surface area contributed by atoms with Crippen LogP contribution in [0.1, 0.15) is 21.3 Å². The third-order valence-corrected chi connectivity index (χ3v) is 0.287. The van der Waals surface area contributed by atoms with E-state index >= 15 is 0 Å². The number of carbonyl (C=O) groups excluding carboxylic acids is 2. The average Bonchev–Trinajstić information content (AvgIpc) is 1.27. The standard InChI is InChI=1S/C4H6O3.CH4/c1-3(5)7-4(2)6;/h1-2H3;1H4. The molecule has 0 N–H and O–H groups in total. The van der Waals surface area contributed by atoms with Crippen LogP contribution in [0, 0.1) is 0 Å². The number of esters is 2. The average molecular weight is 118 g/mol. The van der Waals surface area contributed by atoms with E-state index in [4.69, 9.17) is 0 Å². The summed E-state index contributed by atoms with van der Waals surface area (Å²) in [7, 11) is 0. The van der Waals surface area contributed by atoms with Crippen molar-refractivity contribution in [1.82, 2.24) is 0 Å². The van der Waals surface area contributed by atoms with Crippen LogP contribution in [-0.4, -0.2) is 11.9 Å². The van der Waals surface area contributed by atoms with E-state index in [0.29, 0.717) is 0 Å². The summed E-state index contributed by atoms with van der Waals surface area (Å²) >= 11 is 0. The summed E-state index contributed by atoms with van der Waals surface area (Å²) in [5.41, 5.74) is 0. The molecule has 0 aliphatic rings. The van der Waals surface area contributed by atoms with Gasteiger partial charge in [0.2, 0.25) is 0 Å². The maximum atomic E-state index is 9.81.